The van der Waals surface area contributed by atoms with Crippen molar-refractivity contribution < 1.29 is 4.79 Å². The highest BCUT2D eigenvalue weighted by Gasteiger charge is 2.29. The van der Waals surface area contributed by atoms with E-state index >= 15 is 0 Å². The highest BCUT2D eigenvalue weighted by atomic mass is 32.1. The number of hydrogen-bond donors (Lipinski definition) is 2. The zero-order valence-corrected chi connectivity index (χ0v) is 12.9. The smallest absolute Gasteiger partial charge is 0.228 e. The van der Waals surface area contributed by atoms with E-state index in [0.29, 0.717) is 4.99 Å². The number of thiocarbonyl (C=S) groups is 1. The molecule has 0 saturated heterocycles. The van der Waals surface area contributed by atoms with E-state index in [1.54, 1.807) is 11.3 Å². The van der Waals surface area contributed by atoms with Gasteiger partial charge in [0.05, 0.1) is 16.9 Å². The third-order valence-electron chi connectivity index (χ3n) is 3.64. The van der Waals surface area contributed by atoms with Gasteiger partial charge in [-0.15, -0.1) is 11.3 Å². The summed E-state index contributed by atoms with van der Waals surface area (Å²) in [5, 5.41) is 5.09. The number of nitrogens with one attached hydrogen (secondary N) is 1. The van der Waals surface area contributed by atoms with Gasteiger partial charge in [-0.2, -0.15) is 0 Å². The maximum atomic E-state index is 12.5. The van der Waals surface area contributed by atoms with Gasteiger partial charge in [-0.3, -0.25) is 4.79 Å². The lowest BCUT2D eigenvalue weighted by Crippen LogP contribution is -2.48. The van der Waals surface area contributed by atoms with Gasteiger partial charge < -0.3 is 11.1 Å². The van der Waals surface area contributed by atoms with Crippen LogP contribution in [0.15, 0.2) is 11.4 Å². The van der Waals surface area contributed by atoms with Crippen LogP contribution in [0.2, 0.25) is 0 Å². The molecule has 0 saturated carbocycles. The van der Waals surface area contributed by atoms with Crippen molar-refractivity contribution in [1.82, 2.24) is 5.32 Å². The second kappa shape index (κ2) is 6.01. The summed E-state index contributed by atoms with van der Waals surface area (Å²) in [6.07, 6.45) is 3.09. The van der Waals surface area contributed by atoms with Crippen LogP contribution in [0.25, 0.3) is 0 Å². The molecule has 104 valence electrons. The Morgan fingerprint density at radius 2 is 2.32 bits per heavy atom. The molecule has 3 N–H and O–H groups in total. The van der Waals surface area contributed by atoms with Crippen molar-refractivity contribution in [2.75, 3.05) is 0 Å². The molecular weight excluding hydrogens is 276 g/mol. The number of amides is 1. The molecule has 1 aromatic rings. The first-order valence-corrected chi connectivity index (χ1v) is 7.95. The Labute approximate surface area is 123 Å². The van der Waals surface area contributed by atoms with Crippen LogP contribution < -0.4 is 11.1 Å². The van der Waals surface area contributed by atoms with E-state index in [2.05, 4.69) is 16.8 Å². The predicted octanol–water partition coefficient (Wildman–Crippen LogP) is 2.59. The monoisotopic (exact) mass is 296 g/mol. The average Bonchev–Trinajstić information content (AvgIpc) is 2.82. The number of aryl methyl sites for hydroxylation is 1. The maximum absolute atomic E-state index is 12.5. The van der Waals surface area contributed by atoms with Crippen molar-refractivity contribution >= 4 is 34.5 Å². The molecule has 2 rings (SSSR count). The van der Waals surface area contributed by atoms with E-state index in [4.69, 9.17) is 18.0 Å². The molecule has 1 aliphatic rings. The first kappa shape index (κ1) is 14.5. The molecule has 19 heavy (non-hydrogen) atoms. The molecule has 1 heterocycles. The van der Waals surface area contributed by atoms with Crippen LogP contribution in [-0.4, -0.2) is 16.9 Å². The number of nitrogens with two attached hydrogens (primary N) is 1. The normalized spacial score (nSPS) is 19.8. The van der Waals surface area contributed by atoms with Crippen LogP contribution in [0.4, 0.5) is 0 Å². The third kappa shape index (κ3) is 3.15. The van der Waals surface area contributed by atoms with Gasteiger partial charge >= 0.3 is 0 Å². The van der Waals surface area contributed by atoms with Crippen LogP contribution >= 0.6 is 23.6 Å². The van der Waals surface area contributed by atoms with E-state index in [9.17, 15) is 4.79 Å². The molecule has 3 nitrogen and oxygen atoms in total. The zero-order valence-electron chi connectivity index (χ0n) is 11.3. The number of thiophene rings is 1. The molecule has 2 atom stereocenters. The largest absolute Gasteiger partial charge is 0.392 e. The molecule has 0 aromatic carbocycles. The minimum atomic E-state index is -0.216. The van der Waals surface area contributed by atoms with Crippen molar-refractivity contribution in [2.24, 2.45) is 11.7 Å². The second-order valence-electron chi connectivity index (χ2n) is 5.38. The molecular formula is C14H20N2OS2. The quantitative estimate of drug-likeness (QED) is 0.840. The van der Waals surface area contributed by atoms with Crippen molar-refractivity contribution in [3.63, 3.8) is 0 Å². The molecule has 0 aliphatic heterocycles. The Morgan fingerprint density at radius 1 is 1.58 bits per heavy atom. The van der Waals surface area contributed by atoms with Crippen LogP contribution in [0, 0.1) is 5.92 Å². The Bertz CT molecular complexity index is 482. The summed E-state index contributed by atoms with van der Waals surface area (Å²) in [6.45, 7) is 4.03. The molecule has 5 heteroatoms. The van der Waals surface area contributed by atoms with Gasteiger partial charge in [0, 0.05) is 4.88 Å². The van der Waals surface area contributed by atoms with Crippen molar-refractivity contribution in [3.05, 3.63) is 21.9 Å². The standard InChI is InChI=1S/C14H20N2OS2/c1-8(2)12(13(15)18)16-14(17)10-4-3-5-11-9(10)6-7-19-11/h6-8,10,12H,3-5H2,1-2H3,(H2,15,18)(H,16,17). The Kier molecular flexibility index (Phi) is 4.58. The molecule has 2 unspecified atom stereocenters. The highest BCUT2D eigenvalue weighted by molar-refractivity contribution is 7.80. The fourth-order valence-corrected chi connectivity index (χ4v) is 3.90. The summed E-state index contributed by atoms with van der Waals surface area (Å²) in [5.74, 6) is 0.239. The first-order valence-electron chi connectivity index (χ1n) is 6.66. The fraction of sp³-hybridized carbons (Fsp3) is 0.571. The van der Waals surface area contributed by atoms with Crippen LogP contribution in [-0.2, 0) is 11.2 Å². The Balaban J connectivity index is 2.11. The predicted molar refractivity (Wildman–Crippen MR) is 83.6 cm³/mol. The van der Waals surface area contributed by atoms with Gasteiger partial charge in [-0.1, -0.05) is 26.1 Å². The summed E-state index contributed by atoms with van der Waals surface area (Å²) >= 11 is 6.79. The molecule has 1 aliphatic carbocycles. The van der Waals surface area contributed by atoms with Gasteiger partial charge in [-0.05, 0) is 42.2 Å². The topological polar surface area (TPSA) is 55.1 Å². The summed E-state index contributed by atoms with van der Waals surface area (Å²) in [5.41, 5.74) is 6.90. The number of rotatable bonds is 4. The molecule has 0 bridgehead atoms. The zero-order chi connectivity index (χ0) is 14.0. The lowest BCUT2D eigenvalue weighted by molar-refractivity contribution is -0.123. The van der Waals surface area contributed by atoms with Gasteiger partial charge in [-0.25, -0.2) is 0 Å². The molecule has 0 radical (unpaired) electrons. The van der Waals surface area contributed by atoms with Gasteiger partial charge in [0.2, 0.25) is 5.91 Å². The van der Waals surface area contributed by atoms with Gasteiger partial charge in [0.15, 0.2) is 0 Å². The van der Waals surface area contributed by atoms with E-state index in [-0.39, 0.29) is 23.8 Å². The van der Waals surface area contributed by atoms with Crippen LogP contribution in [0.5, 0.6) is 0 Å². The van der Waals surface area contributed by atoms with Gasteiger partial charge in [0.1, 0.15) is 0 Å². The summed E-state index contributed by atoms with van der Waals surface area (Å²) in [6, 6.07) is 1.86. The lowest BCUT2D eigenvalue weighted by atomic mass is 9.86. The summed E-state index contributed by atoms with van der Waals surface area (Å²) in [7, 11) is 0. The van der Waals surface area contributed by atoms with Crippen molar-refractivity contribution in [3.8, 4) is 0 Å². The van der Waals surface area contributed by atoms with Crippen molar-refractivity contribution in [2.45, 2.75) is 45.1 Å². The SMILES string of the molecule is CC(C)C(NC(=O)C1CCCc2sccc21)C(N)=S. The first-order chi connectivity index (χ1) is 9.00. The summed E-state index contributed by atoms with van der Waals surface area (Å²) < 4.78 is 0. The maximum Gasteiger partial charge on any atom is 0.228 e. The molecule has 1 amide bonds. The fourth-order valence-electron chi connectivity index (χ4n) is 2.58. The third-order valence-corrected chi connectivity index (χ3v) is 4.89. The molecule has 0 spiro atoms. The van der Waals surface area contributed by atoms with Gasteiger partial charge in [0.25, 0.3) is 0 Å². The van der Waals surface area contributed by atoms with Crippen molar-refractivity contribution in [1.29, 1.82) is 0 Å². The number of carbonyl (C=O) groups excluding carboxylic acids is 1. The Hall–Kier alpha value is -0.940. The molecule has 0 fully saturated rings. The van der Waals surface area contributed by atoms with E-state index in [1.807, 2.05) is 13.8 Å². The minimum absolute atomic E-state index is 0.0365. The van der Waals surface area contributed by atoms with E-state index in [1.165, 1.54) is 10.4 Å². The highest BCUT2D eigenvalue weighted by Crippen LogP contribution is 2.35. The minimum Gasteiger partial charge on any atom is -0.392 e. The lowest BCUT2D eigenvalue weighted by Gasteiger charge is -2.26. The van der Waals surface area contributed by atoms with E-state index in [0.717, 1.165) is 19.3 Å². The number of carbonyl (C=O) groups is 1. The van der Waals surface area contributed by atoms with Crippen LogP contribution in [0.3, 0.4) is 0 Å². The average molecular weight is 296 g/mol. The van der Waals surface area contributed by atoms with E-state index < -0.39 is 0 Å². The number of hydrogen-bond acceptors (Lipinski definition) is 3. The molecule has 1 aromatic heterocycles. The van der Waals surface area contributed by atoms with Crippen LogP contribution in [0.1, 0.15) is 43.0 Å². The number of fused-ring (bicyclic) bond motifs is 1. The Morgan fingerprint density at radius 3 is 2.95 bits per heavy atom. The second-order valence-corrected chi connectivity index (χ2v) is 6.85. The summed E-state index contributed by atoms with van der Waals surface area (Å²) in [4.78, 5) is 14.2.